The maximum absolute atomic E-state index is 5.65. The Bertz CT molecular complexity index is 458. The van der Waals surface area contributed by atoms with E-state index in [1.54, 1.807) is 11.3 Å². The van der Waals surface area contributed by atoms with E-state index in [1.165, 1.54) is 0 Å². The first kappa shape index (κ1) is 10.8. The summed E-state index contributed by atoms with van der Waals surface area (Å²) in [6.07, 6.45) is 0. The lowest BCUT2D eigenvalue weighted by molar-refractivity contribution is 0.419. The predicted molar refractivity (Wildman–Crippen MR) is 62.7 cm³/mol. The molecule has 2 rings (SSSR count). The second-order valence-electron chi connectivity index (χ2n) is 3.31. The lowest BCUT2D eigenvalue weighted by Gasteiger charge is -1.92. The highest BCUT2D eigenvalue weighted by Crippen LogP contribution is 2.33. The summed E-state index contributed by atoms with van der Waals surface area (Å²) in [5.41, 5.74) is 6.81. The third kappa shape index (κ3) is 2.11. The highest BCUT2D eigenvalue weighted by Gasteiger charge is 2.14. The molecule has 0 bridgehead atoms. The fourth-order valence-corrected chi connectivity index (χ4v) is 2.54. The van der Waals surface area contributed by atoms with Crippen LogP contribution in [0.5, 0.6) is 0 Å². The number of nitrogens with zero attached hydrogens (tertiary/aromatic N) is 2. The van der Waals surface area contributed by atoms with Gasteiger partial charge in [0.2, 0.25) is 0 Å². The van der Waals surface area contributed by atoms with Crippen LogP contribution >= 0.6 is 27.3 Å². The Balaban J connectivity index is 2.37. The molecule has 1 unspecified atom stereocenters. The van der Waals surface area contributed by atoms with E-state index in [0.717, 1.165) is 14.2 Å². The molecule has 1 atom stereocenters. The number of aromatic nitrogens is 2. The van der Waals surface area contributed by atoms with Crippen LogP contribution in [0.1, 0.15) is 24.4 Å². The van der Waals surface area contributed by atoms with Crippen molar-refractivity contribution in [2.24, 2.45) is 5.73 Å². The van der Waals surface area contributed by atoms with Gasteiger partial charge in [0.25, 0.3) is 5.89 Å². The van der Waals surface area contributed by atoms with Crippen molar-refractivity contribution in [1.29, 1.82) is 0 Å². The van der Waals surface area contributed by atoms with Crippen LogP contribution in [0.25, 0.3) is 10.8 Å². The van der Waals surface area contributed by atoms with Crippen LogP contribution in [0.2, 0.25) is 0 Å². The zero-order chi connectivity index (χ0) is 11.0. The summed E-state index contributed by atoms with van der Waals surface area (Å²) >= 11 is 5.03. The van der Waals surface area contributed by atoms with Gasteiger partial charge in [0.1, 0.15) is 0 Å². The van der Waals surface area contributed by atoms with E-state index in [2.05, 4.69) is 26.1 Å². The molecular formula is C9H10BrN3OS. The van der Waals surface area contributed by atoms with E-state index >= 15 is 0 Å². The zero-order valence-electron chi connectivity index (χ0n) is 8.32. The molecule has 0 aromatic carbocycles. The van der Waals surface area contributed by atoms with Crippen LogP contribution in [0.15, 0.2) is 14.4 Å². The van der Waals surface area contributed by atoms with E-state index in [0.29, 0.717) is 11.7 Å². The van der Waals surface area contributed by atoms with Crippen molar-refractivity contribution < 1.29 is 4.52 Å². The molecule has 0 aliphatic rings. The van der Waals surface area contributed by atoms with Gasteiger partial charge in [-0.3, -0.25) is 0 Å². The van der Waals surface area contributed by atoms with Gasteiger partial charge in [-0.2, -0.15) is 4.98 Å². The maximum atomic E-state index is 5.65. The average Bonchev–Trinajstić information content (AvgIpc) is 2.74. The Labute approximate surface area is 99.6 Å². The molecule has 0 saturated carbocycles. The topological polar surface area (TPSA) is 64.9 Å². The van der Waals surface area contributed by atoms with Gasteiger partial charge in [-0.25, -0.2) is 0 Å². The lowest BCUT2D eigenvalue weighted by atomic mass is 10.3. The van der Waals surface area contributed by atoms with Crippen molar-refractivity contribution in [3.8, 4) is 10.8 Å². The number of halogens is 1. The van der Waals surface area contributed by atoms with Crippen LogP contribution < -0.4 is 5.73 Å². The molecule has 0 radical (unpaired) electrons. The second kappa shape index (κ2) is 4.03. The van der Waals surface area contributed by atoms with Gasteiger partial charge in [0.05, 0.1) is 14.7 Å². The molecule has 2 N–H and O–H groups in total. The summed E-state index contributed by atoms with van der Waals surface area (Å²) in [5.74, 6) is 1.06. The van der Waals surface area contributed by atoms with Gasteiger partial charge in [-0.15, -0.1) is 11.3 Å². The molecule has 4 nitrogen and oxygen atoms in total. The molecule has 0 fully saturated rings. The molecular weight excluding hydrogens is 278 g/mol. The van der Waals surface area contributed by atoms with Crippen LogP contribution in [-0.4, -0.2) is 10.1 Å². The Hall–Kier alpha value is -0.720. The third-order valence-corrected chi connectivity index (χ3v) is 4.04. The highest BCUT2D eigenvalue weighted by molar-refractivity contribution is 9.11. The van der Waals surface area contributed by atoms with Gasteiger partial charge >= 0.3 is 0 Å². The van der Waals surface area contributed by atoms with E-state index in [1.807, 2.05) is 19.9 Å². The van der Waals surface area contributed by atoms with Crippen LogP contribution in [0, 0.1) is 6.92 Å². The molecule has 2 heterocycles. The molecule has 0 aliphatic carbocycles. The standard InChI is InChI=1S/C9H10BrN3OS/c1-4-3-6(15-7(4)10)9-12-8(5(2)11)13-14-9/h3,5H,11H2,1-2H3. The maximum Gasteiger partial charge on any atom is 0.268 e. The quantitative estimate of drug-likeness (QED) is 0.922. The Morgan fingerprint density at radius 2 is 2.33 bits per heavy atom. The van der Waals surface area contributed by atoms with Gasteiger partial charge in [-0.1, -0.05) is 5.16 Å². The van der Waals surface area contributed by atoms with E-state index < -0.39 is 0 Å². The average molecular weight is 288 g/mol. The minimum absolute atomic E-state index is 0.202. The van der Waals surface area contributed by atoms with Crippen LogP contribution in [0.4, 0.5) is 0 Å². The van der Waals surface area contributed by atoms with Crippen LogP contribution in [-0.2, 0) is 0 Å². The minimum atomic E-state index is -0.202. The van der Waals surface area contributed by atoms with Gasteiger partial charge in [-0.05, 0) is 41.4 Å². The number of hydrogen-bond donors (Lipinski definition) is 1. The summed E-state index contributed by atoms with van der Waals surface area (Å²) in [4.78, 5) is 5.18. The van der Waals surface area contributed by atoms with Crippen molar-refractivity contribution >= 4 is 27.3 Å². The second-order valence-corrected chi connectivity index (χ2v) is 5.68. The number of aryl methyl sites for hydroxylation is 1. The molecule has 6 heteroatoms. The minimum Gasteiger partial charge on any atom is -0.333 e. The number of rotatable bonds is 2. The summed E-state index contributed by atoms with van der Waals surface area (Å²) in [6.45, 7) is 3.84. The first-order valence-corrected chi connectivity index (χ1v) is 6.04. The molecule has 15 heavy (non-hydrogen) atoms. The Kier molecular flexibility index (Phi) is 2.90. The molecule has 2 aromatic heterocycles. The summed E-state index contributed by atoms with van der Waals surface area (Å²) in [7, 11) is 0. The van der Waals surface area contributed by atoms with Crippen molar-refractivity contribution in [2.75, 3.05) is 0 Å². The smallest absolute Gasteiger partial charge is 0.268 e. The molecule has 2 aromatic rings. The fraction of sp³-hybridized carbons (Fsp3) is 0.333. The summed E-state index contributed by atoms with van der Waals surface area (Å²) in [5, 5.41) is 3.81. The van der Waals surface area contributed by atoms with Gasteiger partial charge < -0.3 is 10.3 Å². The SMILES string of the molecule is Cc1cc(-c2nc(C(C)N)no2)sc1Br. The molecule has 0 amide bonds. The van der Waals surface area contributed by atoms with E-state index in [4.69, 9.17) is 10.3 Å². The van der Waals surface area contributed by atoms with Crippen molar-refractivity contribution in [1.82, 2.24) is 10.1 Å². The normalized spacial score (nSPS) is 13.1. The monoisotopic (exact) mass is 287 g/mol. The molecule has 0 aliphatic heterocycles. The number of nitrogens with two attached hydrogens (primary N) is 1. The predicted octanol–water partition coefficient (Wildman–Crippen LogP) is 2.89. The fourth-order valence-electron chi connectivity index (χ4n) is 1.09. The molecule has 0 spiro atoms. The van der Waals surface area contributed by atoms with Crippen molar-refractivity contribution in [3.63, 3.8) is 0 Å². The third-order valence-electron chi connectivity index (χ3n) is 1.92. The zero-order valence-corrected chi connectivity index (χ0v) is 10.7. The Morgan fingerprint density at radius 1 is 1.60 bits per heavy atom. The molecule has 80 valence electrons. The van der Waals surface area contributed by atoms with Crippen molar-refractivity contribution in [3.05, 3.63) is 21.2 Å². The summed E-state index contributed by atoms with van der Waals surface area (Å²) < 4.78 is 6.21. The number of hydrogen-bond acceptors (Lipinski definition) is 5. The van der Waals surface area contributed by atoms with E-state index in [-0.39, 0.29) is 6.04 Å². The van der Waals surface area contributed by atoms with Crippen molar-refractivity contribution in [2.45, 2.75) is 19.9 Å². The van der Waals surface area contributed by atoms with E-state index in [9.17, 15) is 0 Å². The largest absolute Gasteiger partial charge is 0.333 e. The number of thiophene rings is 1. The van der Waals surface area contributed by atoms with Gasteiger partial charge in [0, 0.05) is 0 Å². The highest BCUT2D eigenvalue weighted by atomic mass is 79.9. The first-order valence-electron chi connectivity index (χ1n) is 4.43. The lowest BCUT2D eigenvalue weighted by Crippen LogP contribution is -2.06. The Morgan fingerprint density at radius 3 is 2.80 bits per heavy atom. The van der Waals surface area contributed by atoms with Gasteiger partial charge in [0.15, 0.2) is 5.82 Å². The van der Waals surface area contributed by atoms with Crippen LogP contribution in [0.3, 0.4) is 0 Å². The summed E-state index contributed by atoms with van der Waals surface area (Å²) in [6, 6.07) is 1.81. The molecule has 0 saturated heterocycles. The first-order chi connectivity index (χ1) is 7.08.